The second-order valence-corrected chi connectivity index (χ2v) is 6.18. The van der Waals surface area contributed by atoms with Crippen molar-refractivity contribution in [1.29, 1.82) is 0 Å². The fourth-order valence-corrected chi connectivity index (χ4v) is 2.82. The molecule has 0 radical (unpaired) electrons. The summed E-state index contributed by atoms with van der Waals surface area (Å²) in [5.41, 5.74) is 0.114. The van der Waals surface area contributed by atoms with E-state index < -0.39 is 23.7 Å². The number of amides is 1. The van der Waals surface area contributed by atoms with E-state index in [1.807, 2.05) is 0 Å². The van der Waals surface area contributed by atoms with Gasteiger partial charge in [-0.2, -0.15) is 13.2 Å². The first kappa shape index (κ1) is 18.3. The zero-order valence-electron chi connectivity index (χ0n) is 13.3. The second kappa shape index (κ2) is 7.01. The van der Waals surface area contributed by atoms with E-state index in [1.54, 1.807) is 24.3 Å². The molecule has 3 rings (SSSR count). The lowest BCUT2D eigenvalue weighted by Gasteiger charge is -2.16. The molecule has 0 saturated heterocycles. The van der Waals surface area contributed by atoms with Crippen LogP contribution in [0.2, 0.25) is 5.02 Å². The standard InChI is InChI=1S/C18H14ClF3N2O2/c19-13-3-1-2-10(6-13)16(9-25)24-17(26)15-7-11-4-5-12(18(20,21)22)8-14(11)23-15/h1-8,16,23,25H,9H2,(H,24,26). The predicted molar refractivity (Wildman–Crippen MR) is 92.0 cm³/mol. The summed E-state index contributed by atoms with van der Waals surface area (Å²) >= 11 is 5.91. The molecule has 0 aliphatic heterocycles. The van der Waals surface area contributed by atoms with Gasteiger partial charge in [-0.1, -0.05) is 29.8 Å². The Morgan fingerprint density at radius 2 is 1.96 bits per heavy atom. The second-order valence-electron chi connectivity index (χ2n) is 5.75. The van der Waals surface area contributed by atoms with E-state index in [0.717, 1.165) is 12.1 Å². The number of alkyl halides is 3. The van der Waals surface area contributed by atoms with Gasteiger partial charge in [0.25, 0.3) is 5.91 Å². The number of aliphatic hydroxyl groups is 1. The summed E-state index contributed by atoms with van der Waals surface area (Å²) in [6.45, 7) is -0.357. The molecule has 3 N–H and O–H groups in total. The van der Waals surface area contributed by atoms with Crippen molar-refractivity contribution in [3.05, 3.63) is 70.4 Å². The maximum Gasteiger partial charge on any atom is 0.416 e. The highest BCUT2D eigenvalue weighted by molar-refractivity contribution is 6.30. The maximum absolute atomic E-state index is 12.8. The first-order valence-electron chi connectivity index (χ1n) is 7.65. The number of carbonyl (C=O) groups is 1. The topological polar surface area (TPSA) is 65.1 Å². The Morgan fingerprint density at radius 1 is 1.19 bits per heavy atom. The molecule has 1 atom stereocenters. The molecule has 1 heterocycles. The molecule has 3 aromatic rings. The van der Waals surface area contributed by atoms with Crippen LogP contribution in [0, 0.1) is 0 Å². The Kier molecular flexibility index (Phi) is 4.93. The zero-order chi connectivity index (χ0) is 18.9. The number of carbonyl (C=O) groups excluding carboxylic acids is 1. The number of rotatable bonds is 4. The monoisotopic (exact) mass is 382 g/mol. The van der Waals surface area contributed by atoms with Gasteiger partial charge in [-0.05, 0) is 35.9 Å². The third-order valence-electron chi connectivity index (χ3n) is 3.93. The van der Waals surface area contributed by atoms with E-state index in [2.05, 4.69) is 10.3 Å². The minimum atomic E-state index is -4.46. The number of aromatic amines is 1. The van der Waals surface area contributed by atoms with Crippen molar-refractivity contribution in [1.82, 2.24) is 10.3 Å². The molecule has 136 valence electrons. The Morgan fingerprint density at radius 3 is 2.62 bits per heavy atom. The summed E-state index contributed by atoms with van der Waals surface area (Å²) in [7, 11) is 0. The highest BCUT2D eigenvalue weighted by Gasteiger charge is 2.30. The van der Waals surface area contributed by atoms with Crippen molar-refractivity contribution in [3.8, 4) is 0 Å². The van der Waals surface area contributed by atoms with Crippen molar-refractivity contribution in [3.63, 3.8) is 0 Å². The molecule has 0 bridgehead atoms. The number of hydrogen-bond acceptors (Lipinski definition) is 2. The molecule has 1 aromatic heterocycles. The van der Waals surface area contributed by atoms with Crippen molar-refractivity contribution in [2.24, 2.45) is 0 Å². The van der Waals surface area contributed by atoms with E-state index in [4.69, 9.17) is 11.6 Å². The fourth-order valence-electron chi connectivity index (χ4n) is 2.62. The molecule has 4 nitrogen and oxygen atoms in total. The normalized spacial score (nSPS) is 13.0. The minimum Gasteiger partial charge on any atom is -0.394 e. The predicted octanol–water partition coefficient (Wildman–Crippen LogP) is 4.30. The Balaban J connectivity index is 1.85. The van der Waals surface area contributed by atoms with Crippen LogP contribution in [0.15, 0.2) is 48.5 Å². The van der Waals surface area contributed by atoms with Crippen LogP contribution in [-0.2, 0) is 6.18 Å². The average Bonchev–Trinajstić information content (AvgIpc) is 3.02. The number of aromatic nitrogens is 1. The molecule has 26 heavy (non-hydrogen) atoms. The Labute approximate surface area is 151 Å². The summed E-state index contributed by atoms with van der Waals surface area (Å²) < 4.78 is 38.4. The van der Waals surface area contributed by atoms with Crippen LogP contribution in [0.25, 0.3) is 10.9 Å². The molecule has 0 aliphatic carbocycles. The van der Waals surface area contributed by atoms with Gasteiger partial charge in [0.15, 0.2) is 0 Å². The first-order chi connectivity index (χ1) is 12.3. The van der Waals surface area contributed by atoms with E-state index in [1.165, 1.54) is 12.1 Å². The van der Waals surface area contributed by atoms with E-state index in [9.17, 15) is 23.1 Å². The van der Waals surface area contributed by atoms with Crippen molar-refractivity contribution >= 4 is 28.4 Å². The summed E-state index contributed by atoms with van der Waals surface area (Å²) in [5, 5.41) is 13.1. The van der Waals surface area contributed by atoms with Crippen LogP contribution in [0.4, 0.5) is 13.2 Å². The number of halogens is 4. The third kappa shape index (κ3) is 3.84. The van der Waals surface area contributed by atoms with E-state index in [-0.39, 0.29) is 17.8 Å². The number of H-pyrrole nitrogens is 1. The minimum absolute atomic E-state index is 0.0970. The number of benzene rings is 2. The third-order valence-corrected chi connectivity index (χ3v) is 4.17. The lowest BCUT2D eigenvalue weighted by molar-refractivity contribution is -0.137. The lowest BCUT2D eigenvalue weighted by atomic mass is 10.1. The quantitative estimate of drug-likeness (QED) is 0.629. The summed E-state index contributed by atoms with van der Waals surface area (Å²) in [6.07, 6.45) is -4.46. The molecule has 1 unspecified atom stereocenters. The van der Waals surface area contributed by atoms with Crippen molar-refractivity contribution in [2.75, 3.05) is 6.61 Å². The van der Waals surface area contributed by atoms with Gasteiger partial charge in [-0.25, -0.2) is 0 Å². The van der Waals surface area contributed by atoms with Crippen LogP contribution in [0.5, 0.6) is 0 Å². The van der Waals surface area contributed by atoms with Crippen LogP contribution < -0.4 is 5.32 Å². The molecule has 0 spiro atoms. The Hall–Kier alpha value is -2.51. The number of nitrogens with one attached hydrogen (secondary N) is 2. The maximum atomic E-state index is 12.8. The first-order valence-corrected chi connectivity index (χ1v) is 8.03. The highest BCUT2D eigenvalue weighted by Crippen LogP contribution is 2.31. The van der Waals surface area contributed by atoms with Gasteiger partial charge >= 0.3 is 6.18 Å². The SMILES string of the molecule is O=C(NC(CO)c1cccc(Cl)c1)c1cc2ccc(C(F)(F)F)cc2[nH]1. The molecule has 0 aliphatic rings. The van der Waals surface area contributed by atoms with Crippen LogP contribution in [-0.4, -0.2) is 22.6 Å². The lowest BCUT2D eigenvalue weighted by Crippen LogP contribution is -2.31. The van der Waals surface area contributed by atoms with Crippen molar-refractivity contribution < 1.29 is 23.1 Å². The largest absolute Gasteiger partial charge is 0.416 e. The molecule has 8 heteroatoms. The van der Waals surface area contributed by atoms with E-state index >= 15 is 0 Å². The van der Waals surface area contributed by atoms with Crippen LogP contribution in [0.3, 0.4) is 0 Å². The Bertz CT molecular complexity index is 953. The van der Waals surface area contributed by atoms with Gasteiger partial charge < -0.3 is 15.4 Å². The van der Waals surface area contributed by atoms with E-state index in [0.29, 0.717) is 16.0 Å². The smallest absolute Gasteiger partial charge is 0.394 e. The van der Waals surface area contributed by atoms with Gasteiger partial charge in [-0.15, -0.1) is 0 Å². The average molecular weight is 383 g/mol. The van der Waals surface area contributed by atoms with Gasteiger partial charge in [0.2, 0.25) is 0 Å². The number of aliphatic hydroxyl groups excluding tert-OH is 1. The number of fused-ring (bicyclic) bond motifs is 1. The molecular weight excluding hydrogens is 369 g/mol. The van der Waals surface area contributed by atoms with Crippen molar-refractivity contribution in [2.45, 2.75) is 12.2 Å². The molecule has 1 amide bonds. The van der Waals surface area contributed by atoms with Gasteiger partial charge in [0.05, 0.1) is 18.2 Å². The molecular formula is C18H14ClF3N2O2. The van der Waals surface area contributed by atoms with Crippen LogP contribution in [0.1, 0.15) is 27.7 Å². The summed E-state index contributed by atoms with van der Waals surface area (Å²) in [4.78, 5) is 15.1. The fraction of sp³-hybridized carbons (Fsp3) is 0.167. The van der Waals surface area contributed by atoms with Gasteiger partial charge in [0, 0.05) is 15.9 Å². The van der Waals surface area contributed by atoms with Gasteiger partial charge in [0.1, 0.15) is 5.69 Å². The van der Waals surface area contributed by atoms with Gasteiger partial charge in [-0.3, -0.25) is 4.79 Å². The summed E-state index contributed by atoms with van der Waals surface area (Å²) in [5.74, 6) is -0.547. The highest BCUT2D eigenvalue weighted by atomic mass is 35.5. The zero-order valence-corrected chi connectivity index (χ0v) is 14.0. The number of hydrogen-bond donors (Lipinski definition) is 3. The molecule has 2 aromatic carbocycles. The molecule has 0 fully saturated rings. The molecule has 0 saturated carbocycles. The van der Waals surface area contributed by atoms with Crippen LogP contribution >= 0.6 is 11.6 Å². The summed E-state index contributed by atoms with van der Waals surface area (Å²) in [6, 6.07) is 10.6.